The number of carbonyl (C=O) groups excluding carboxylic acids is 2. The van der Waals surface area contributed by atoms with Crippen LogP contribution in [0.15, 0.2) is 41.4 Å². The van der Waals surface area contributed by atoms with Gasteiger partial charge in [0.15, 0.2) is 16.3 Å². The van der Waals surface area contributed by atoms with Crippen molar-refractivity contribution < 1.29 is 23.8 Å². The van der Waals surface area contributed by atoms with E-state index in [0.29, 0.717) is 32.4 Å². The summed E-state index contributed by atoms with van der Waals surface area (Å²) < 4.78 is 18.2. The quantitative estimate of drug-likeness (QED) is 0.553. The molecule has 29 heavy (non-hydrogen) atoms. The molecule has 0 fully saturated rings. The molecule has 0 bridgehead atoms. The minimum Gasteiger partial charge on any atom is -0.493 e. The van der Waals surface area contributed by atoms with Crippen LogP contribution in [-0.4, -0.2) is 37.3 Å². The molecule has 0 aliphatic rings. The van der Waals surface area contributed by atoms with Gasteiger partial charge in [-0.15, -0.1) is 0 Å². The van der Waals surface area contributed by atoms with Crippen LogP contribution in [0.5, 0.6) is 11.5 Å². The molecule has 9 heteroatoms. The Morgan fingerprint density at radius 1 is 1.14 bits per heavy atom. The van der Waals surface area contributed by atoms with E-state index < -0.39 is 11.9 Å². The highest BCUT2D eigenvalue weighted by atomic mass is 35.5. The van der Waals surface area contributed by atoms with Crippen LogP contribution in [0.4, 0.5) is 0 Å². The molecule has 0 unspecified atom stereocenters. The number of halogens is 1. The Bertz CT molecular complexity index is 1140. The van der Waals surface area contributed by atoms with Gasteiger partial charge < -0.3 is 18.8 Å². The molecule has 3 rings (SSSR count). The van der Waals surface area contributed by atoms with Crippen molar-refractivity contribution in [2.75, 3.05) is 20.8 Å². The van der Waals surface area contributed by atoms with Crippen LogP contribution in [-0.2, 0) is 16.1 Å². The summed E-state index contributed by atoms with van der Waals surface area (Å²) in [5.41, 5.74) is 1.03. The SMILES string of the molecule is CCOC(=O)Cn1c(=NC(=O)c2cccc(Cl)c2)sc2cc(OC)c(OC)cc21. The normalized spacial score (nSPS) is 11.5. The number of nitrogens with zero attached hydrogens (tertiary/aromatic N) is 2. The number of carbonyl (C=O) groups is 2. The number of benzene rings is 2. The van der Waals surface area contributed by atoms with Crippen molar-refractivity contribution in [3.05, 3.63) is 51.8 Å². The fraction of sp³-hybridized carbons (Fsp3) is 0.250. The van der Waals surface area contributed by atoms with Crippen molar-refractivity contribution >= 4 is 45.0 Å². The largest absolute Gasteiger partial charge is 0.493 e. The zero-order valence-corrected chi connectivity index (χ0v) is 17.7. The molecule has 2 aromatic carbocycles. The molecule has 1 amide bonds. The number of esters is 1. The lowest BCUT2D eigenvalue weighted by Gasteiger charge is -2.09. The van der Waals surface area contributed by atoms with Crippen molar-refractivity contribution in [3.8, 4) is 11.5 Å². The Labute approximate surface area is 176 Å². The van der Waals surface area contributed by atoms with Gasteiger partial charge in [-0.05, 0) is 25.1 Å². The maximum absolute atomic E-state index is 12.7. The first kappa shape index (κ1) is 20.9. The molecular weight excluding hydrogens is 416 g/mol. The van der Waals surface area contributed by atoms with Crippen LogP contribution >= 0.6 is 22.9 Å². The topological polar surface area (TPSA) is 79.1 Å². The fourth-order valence-corrected chi connectivity index (χ4v) is 3.97. The molecule has 152 valence electrons. The summed E-state index contributed by atoms with van der Waals surface area (Å²) in [6, 6.07) is 10.1. The predicted molar refractivity (Wildman–Crippen MR) is 111 cm³/mol. The van der Waals surface area contributed by atoms with Crippen LogP contribution in [0.2, 0.25) is 5.02 Å². The number of hydrogen-bond acceptors (Lipinski definition) is 6. The second-order valence-corrected chi connectivity index (χ2v) is 7.32. The van der Waals surface area contributed by atoms with E-state index in [-0.39, 0.29) is 13.2 Å². The lowest BCUT2D eigenvalue weighted by molar-refractivity contribution is -0.143. The lowest BCUT2D eigenvalue weighted by atomic mass is 10.2. The molecule has 0 aliphatic carbocycles. The zero-order chi connectivity index (χ0) is 21.0. The Morgan fingerprint density at radius 3 is 2.52 bits per heavy atom. The van der Waals surface area contributed by atoms with Crippen molar-refractivity contribution in [3.63, 3.8) is 0 Å². The second kappa shape index (κ2) is 9.11. The minimum atomic E-state index is -0.462. The third kappa shape index (κ3) is 4.60. The highest BCUT2D eigenvalue weighted by Gasteiger charge is 2.16. The van der Waals surface area contributed by atoms with Gasteiger partial charge in [0.25, 0.3) is 5.91 Å². The van der Waals surface area contributed by atoms with E-state index in [0.717, 1.165) is 4.70 Å². The second-order valence-electron chi connectivity index (χ2n) is 5.88. The molecule has 0 atom stereocenters. The van der Waals surface area contributed by atoms with Crippen molar-refractivity contribution in [1.29, 1.82) is 0 Å². The van der Waals surface area contributed by atoms with Gasteiger partial charge in [0.05, 0.1) is 31.0 Å². The monoisotopic (exact) mass is 434 g/mol. The predicted octanol–water partition coefficient (Wildman–Crippen LogP) is 3.68. The first-order valence-corrected chi connectivity index (χ1v) is 9.91. The van der Waals surface area contributed by atoms with E-state index in [1.807, 2.05) is 0 Å². The molecule has 1 aromatic heterocycles. The maximum Gasteiger partial charge on any atom is 0.326 e. The molecule has 0 aliphatic heterocycles. The van der Waals surface area contributed by atoms with E-state index in [2.05, 4.69) is 4.99 Å². The van der Waals surface area contributed by atoms with Gasteiger partial charge in [0.2, 0.25) is 0 Å². The first-order chi connectivity index (χ1) is 14.0. The molecule has 1 heterocycles. The summed E-state index contributed by atoms with van der Waals surface area (Å²) in [4.78, 5) is 29.4. The van der Waals surface area contributed by atoms with E-state index in [9.17, 15) is 9.59 Å². The van der Waals surface area contributed by atoms with E-state index in [1.165, 1.54) is 25.6 Å². The number of thiazole rings is 1. The Kier molecular flexibility index (Phi) is 6.56. The summed E-state index contributed by atoms with van der Waals surface area (Å²) in [7, 11) is 3.07. The minimum absolute atomic E-state index is 0.0923. The van der Waals surface area contributed by atoms with Crippen LogP contribution in [0, 0.1) is 0 Å². The molecule has 0 spiro atoms. The number of fused-ring (bicyclic) bond motifs is 1. The summed E-state index contributed by atoms with van der Waals surface area (Å²) in [5, 5.41) is 0.441. The molecule has 0 saturated heterocycles. The van der Waals surface area contributed by atoms with E-state index >= 15 is 0 Å². The van der Waals surface area contributed by atoms with Crippen molar-refractivity contribution in [2.24, 2.45) is 4.99 Å². The van der Waals surface area contributed by atoms with Crippen LogP contribution in [0.1, 0.15) is 17.3 Å². The standard InChI is InChI=1S/C20H19ClN2O5S/c1-4-28-18(24)11-23-14-9-15(26-2)16(27-3)10-17(14)29-20(23)22-19(25)12-6-5-7-13(21)8-12/h5-10H,4,11H2,1-3H3. The van der Waals surface area contributed by atoms with Crippen LogP contribution < -0.4 is 14.3 Å². The average Bonchev–Trinajstić information content (AvgIpc) is 3.02. The Balaban J connectivity index is 2.18. The molecule has 7 nitrogen and oxygen atoms in total. The average molecular weight is 435 g/mol. The van der Waals surface area contributed by atoms with Gasteiger partial charge in [-0.3, -0.25) is 9.59 Å². The summed E-state index contributed by atoms with van der Waals surface area (Å²) in [6.07, 6.45) is 0. The van der Waals surface area contributed by atoms with Gasteiger partial charge in [-0.2, -0.15) is 4.99 Å². The summed E-state index contributed by atoms with van der Waals surface area (Å²) >= 11 is 7.23. The van der Waals surface area contributed by atoms with Crippen LogP contribution in [0.25, 0.3) is 10.2 Å². The van der Waals surface area contributed by atoms with E-state index in [4.69, 9.17) is 25.8 Å². The molecule has 0 N–H and O–H groups in total. The molecular formula is C20H19ClN2O5S. The third-order valence-electron chi connectivity index (χ3n) is 4.05. The number of rotatable bonds is 6. The van der Waals surface area contributed by atoms with Gasteiger partial charge >= 0.3 is 5.97 Å². The number of hydrogen-bond donors (Lipinski definition) is 0. The van der Waals surface area contributed by atoms with Gasteiger partial charge in [-0.1, -0.05) is 29.0 Å². The number of ether oxygens (including phenoxy) is 3. The van der Waals surface area contributed by atoms with E-state index in [1.54, 1.807) is 47.9 Å². The number of amides is 1. The first-order valence-electron chi connectivity index (χ1n) is 8.72. The van der Waals surface area contributed by atoms with Crippen molar-refractivity contribution in [2.45, 2.75) is 13.5 Å². The number of aromatic nitrogens is 1. The highest BCUT2D eigenvalue weighted by molar-refractivity contribution is 7.16. The van der Waals surface area contributed by atoms with Gasteiger partial charge in [0, 0.05) is 22.7 Å². The van der Waals surface area contributed by atoms with Crippen molar-refractivity contribution in [1.82, 2.24) is 4.57 Å². The molecule has 0 radical (unpaired) electrons. The number of methoxy groups -OCH3 is 2. The molecule has 0 saturated carbocycles. The molecule has 3 aromatic rings. The Morgan fingerprint density at radius 2 is 1.86 bits per heavy atom. The van der Waals surface area contributed by atoms with Crippen LogP contribution in [0.3, 0.4) is 0 Å². The summed E-state index contributed by atoms with van der Waals surface area (Å²) in [5.74, 6) is 0.148. The third-order valence-corrected chi connectivity index (χ3v) is 5.33. The van der Waals surface area contributed by atoms with Gasteiger partial charge in [-0.25, -0.2) is 0 Å². The van der Waals surface area contributed by atoms with Gasteiger partial charge in [0.1, 0.15) is 6.54 Å². The maximum atomic E-state index is 12.7. The zero-order valence-electron chi connectivity index (χ0n) is 16.1. The lowest BCUT2D eigenvalue weighted by Crippen LogP contribution is -2.23. The fourth-order valence-electron chi connectivity index (χ4n) is 2.74. The highest BCUT2D eigenvalue weighted by Crippen LogP contribution is 2.33. The Hall–Kier alpha value is -2.84. The smallest absolute Gasteiger partial charge is 0.326 e. The summed E-state index contributed by atoms with van der Waals surface area (Å²) in [6.45, 7) is 1.90.